The van der Waals surface area contributed by atoms with Gasteiger partial charge in [-0.3, -0.25) is 10.1 Å². The molecule has 0 bridgehead atoms. The second-order valence-corrected chi connectivity index (χ2v) is 5.52. The normalized spacial score (nSPS) is 10.5. The van der Waals surface area contributed by atoms with Crippen molar-refractivity contribution < 1.29 is 4.92 Å². The van der Waals surface area contributed by atoms with Crippen molar-refractivity contribution in [3.63, 3.8) is 0 Å². The van der Waals surface area contributed by atoms with Crippen LogP contribution in [0.15, 0.2) is 46.9 Å². The Bertz CT molecular complexity index is 634. The zero-order valence-corrected chi connectivity index (χ0v) is 12.8. The summed E-state index contributed by atoms with van der Waals surface area (Å²) in [7, 11) is 0. The van der Waals surface area contributed by atoms with Gasteiger partial charge < -0.3 is 5.32 Å². The summed E-state index contributed by atoms with van der Waals surface area (Å²) >= 11 is 9.35. The number of rotatable bonds is 5. The Kier molecular flexibility index (Phi) is 5.11. The van der Waals surface area contributed by atoms with Gasteiger partial charge in [0.2, 0.25) is 0 Å². The molecule has 2 aromatic carbocycles. The molecule has 1 N–H and O–H groups in total. The van der Waals surface area contributed by atoms with Gasteiger partial charge in [0.05, 0.1) is 4.92 Å². The molecule has 0 radical (unpaired) electrons. The Balaban J connectivity index is 2.06. The van der Waals surface area contributed by atoms with E-state index in [-0.39, 0.29) is 5.69 Å². The zero-order valence-electron chi connectivity index (χ0n) is 10.5. The molecule has 0 saturated carbocycles. The average Bonchev–Trinajstić information content (AvgIpc) is 2.41. The molecule has 0 aliphatic carbocycles. The van der Waals surface area contributed by atoms with Gasteiger partial charge in [-0.1, -0.05) is 45.7 Å². The highest BCUT2D eigenvalue weighted by molar-refractivity contribution is 9.10. The number of nitro groups is 1. The van der Waals surface area contributed by atoms with E-state index in [2.05, 4.69) is 21.2 Å². The summed E-state index contributed by atoms with van der Waals surface area (Å²) in [5.74, 6) is 0. The van der Waals surface area contributed by atoms with Crippen molar-refractivity contribution in [2.45, 2.75) is 13.1 Å². The van der Waals surface area contributed by atoms with Gasteiger partial charge in [-0.2, -0.15) is 0 Å². The maximum Gasteiger partial charge on any atom is 0.273 e. The third-order valence-electron chi connectivity index (χ3n) is 2.83. The van der Waals surface area contributed by atoms with Crippen molar-refractivity contribution in [1.29, 1.82) is 0 Å². The van der Waals surface area contributed by atoms with Gasteiger partial charge >= 0.3 is 0 Å². The summed E-state index contributed by atoms with van der Waals surface area (Å²) in [5, 5.41) is 14.6. The Labute approximate surface area is 130 Å². The lowest BCUT2D eigenvalue weighted by Crippen LogP contribution is -2.14. The van der Waals surface area contributed by atoms with Crippen LogP contribution in [0.3, 0.4) is 0 Å². The molecule has 0 aromatic heterocycles. The molecule has 0 fully saturated rings. The molecule has 0 atom stereocenters. The van der Waals surface area contributed by atoms with Gasteiger partial charge in [-0.15, -0.1) is 0 Å². The van der Waals surface area contributed by atoms with E-state index in [4.69, 9.17) is 11.6 Å². The van der Waals surface area contributed by atoms with E-state index < -0.39 is 4.92 Å². The zero-order chi connectivity index (χ0) is 14.5. The molecule has 0 saturated heterocycles. The first-order chi connectivity index (χ1) is 9.58. The fourth-order valence-electron chi connectivity index (χ4n) is 1.85. The van der Waals surface area contributed by atoms with Crippen molar-refractivity contribution in [2.75, 3.05) is 0 Å². The smallest absolute Gasteiger partial charge is 0.273 e. The molecule has 0 aliphatic rings. The second-order valence-electron chi connectivity index (χ2n) is 4.23. The second kappa shape index (κ2) is 6.83. The van der Waals surface area contributed by atoms with Gasteiger partial charge in [-0.05, 0) is 23.8 Å². The van der Waals surface area contributed by atoms with Crippen LogP contribution in [0.1, 0.15) is 11.1 Å². The number of benzene rings is 2. The van der Waals surface area contributed by atoms with E-state index in [9.17, 15) is 10.1 Å². The van der Waals surface area contributed by atoms with Crippen molar-refractivity contribution in [3.8, 4) is 0 Å². The summed E-state index contributed by atoms with van der Waals surface area (Å²) in [4.78, 5) is 10.6. The van der Waals surface area contributed by atoms with E-state index in [0.717, 1.165) is 10.0 Å². The van der Waals surface area contributed by atoms with E-state index in [0.29, 0.717) is 23.7 Å². The number of nitrogens with one attached hydrogen (secondary N) is 1. The van der Waals surface area contributed by atoms with Crippen molar-refractivity contribution in [3.05, 3.63) is 73.2 Å². The fourth-order valence-corrected chi connectivity index (χ4v) is 2.47. The molecular formula is C14H12BrClN2O2. The van der Waals surface area contributed by atoms with E-state index >= 15 is 0 Å². The summed E-state index contributed by atoms with van der Waals surface area (Å²) in [5.41, 5.74) is 1.75. The van der Waals surface area contributed by atoms with Crippen LogP contribution in [-0.4, -0.2) is 4.92 Å². The molecule has 2 aromatic rings. The highest BCUT2D eigenvalue weighted by Crippen LogP contribution is 2.23. The molecule has 0 aliphatic heterocycles. The summed E-state index contributed by atoms with van der Waals surface area (Å²) in [6.07, 6.45) is 0. The topological polar surface area (TPSA) is 55.2 Å². The molecule has 0 spiro atoms. The lowest BCUT2D eigenvalue weighted by Gasteiger charge is -2.07. The van der Waals surface area contributed by atoms with E-state index in [1.807, 2.05) is 24.3 Å². The minimum absolute atomic E-state index is 0.0778. The number of nitro benzene ring substituents is 1. The quantitative estimate of drug-likeness (QED) is 0.642. The van der Waals surface area contributed by atoms with Crippen molar-refractivity contribution >= 4 is 33.2 Å². The molecular weight excluding hydrogens is 344 g/mol. The number of halogens is 2. The number of hydrogen-bond donors (Lipinski definition) is 1. The third-order valence-corrected chi connectivity index (χ3v) is 3.84. The highest BCUT2D eigenvalue weighted by Gasteiger charge is 2.13. The molecule has 20 heavy (non-hydrogen) atoms. The lowest BCUT2D eigenvalue weighted by molar-refractivity contribution is -0.385. The molecule has 0 unspecified atom stereocenters. The Morgan fingerprint density at radius 1 is 1.15 bits per heavy atom. The van der Waals surface area contributed by atoms with Crippen LogP contribution in [0.5, 0.6) is 0 Å². The highest BCUT2D eigenvalue weighted by atomic mass is 79.9. The van der Waals surface area contributed by atoms with Crippen LogP contribution < -0.4 is 5.32 Å². The Hall–Kier alpha value is -1.43. The first-order valence-electron chi connectivity index (χ1n) is 5.95. The van der Waals surface area contributed by atoms with Crippen LogP contribution in [0.2, 0.25) is 5.02 Å². The maximum atomic E-state index is 10.9. The fraction of sp³-hybridized carbons (Fsp3) is 0.143. The standard InChI is InChI=1S/C14H12BrClN2O2/c15-13-4-2-1-3-10(13)8-17-9-11-7-12(16)5-6-14(11)18(19)20/h1-7,17H,8-9H2. The van der Waals surface area contributed by atoms with E-state index in [1.165, 1.54) is 12.1 Å². The lowest BCUT2D eigenvalue weighted by atomic mass is 10.1. The van der Waals surface area contributed by atoms with Crippen LogP contribution in [0.4, 0.5) is 5.69 Å². The van der Waals surface area contributed by atoms with Gasteiger partial charge in [0.1, 0.15) is 0 Å². The molecule has 0 amide bonds. The SMILES string of the molecule is O=[N+]([O-])c1ccc(Cl)cc1CNCc1ccccc1Br. The largest absolute Gasteiger partial charge is 0.308 e. The van der Waals surface area contributed by atoms with Crippen LogP contribution >= 0.6 is 27.5 Å². The molecule has 4 nitrogen and oxygen atoms in total. The monoisotopic (exact) mass is 354 g/mol. The van der Waals surface area contributed by atoms with Crippen LogP contribution in [-0.2, 0) is 13.1 Å². The minimum Gasteiger partial charge on any atom is -0.308 e. The Morgan fingerprint density at radius 3 is 2.55 bits per heavy atom. The first kappa shape index (κ1) is 15.0. The summed E-state index contributed by atoms with van der Waals surface area (Å²) in [6.45, 7) is 1.00. The predicted molar refractivity (Wildman–Crippen MR) is 82.8 cm³/mol. The van der Waals surface area contributed by atoms with Gasteiger partial charge in [-0.25, -0.2) is 0 Å². The van der Waals surface area contributed by atoms with Crippen molar-refractivity contribution in [1.82, 2.24) is 5.32 Å². The van der Waals surface area contributed by atoms with Crippen LogP contribution in [0.25, 0.3) is 0 Å². The van der Waals surface area contributed by atoms with E-state index in [1.54, 1.807) is 6.07 Å². The van der Waals surface area contributed by atoms with Crippen molar-refractivity contribution in [2.24, 2.45) is 0 Å². The molecule has 6 heteroatoms. The first-order valence-corrected chi connectivity index (χ1v) is 7.12. The molecule has 104 valence electrons. The third kappa shape index (κ3) is 3.79. The number of nitrogens with zero attached hydrogens (tertiary/aromatic N) is 1. The van der Waals surface area contributed by atoms with Gasteiger partial charge in [0.25, 0.3) is 5.69 Å². The maximum absolute atomic E-state index is 10.9. The molecule has 2 rings (SSSR count). The van der Waals surface area contributed by atoms with Gasteiger partial charge in [0.15, 0.2) is 0 Å². The summed E-state index contributed by atoms with van der Waals surface area (Å²) < 4.78 is 1.01. The average molecular weight is 356 g/mol. The number of hydrogen-bond acceptors (Lipinski definition) is 3. The minimum atomic E-state index is -0.397. The summed E-state index contributed by atoms with van der Waals surface area (Å²) in [6, 6.07) is 12.4. The Morgan fingerprint density at radius 2 is 1.85 bits per heavy atom. The van der Waals surface area contributed by atoms with Crippen LogP contribution in [0, 0.1) is 10.1 Å². The molecule has 0 heterocycles. The van der Waals surface area contributed by atoms with Gasteiger partial charge in [0, 0.05) is 34.2 Å². The predicted octanol–water partition coefficient (Wildman–Crippen LogP) is 4.30.